The number of benzene rings is 1. The largest absolute Gasteiger partial charge is 0.490 e. The summed E-state index contributed by atoms with van der Waals surface area (Å²) >= 11 is 0. The maximum Gasteiger partial charge on any atom is 0.319 e. The summed E-state index contributed by atoms with van der Waals surface area (Å²) in [6.45, 7) is 4.98. The van der Waals surface area contributed by atoms with E-state index >= 15 is 0 Å². The molecule has 0 aliphatic heterocycles. The van der Waals surface area contributed by atoms with Gasteiger partial charge in [-0.2, -0.15) is 0 Å². The van der Waals surface area contributed by atoms with Gasteiger partial charge in [-0.1, -0.05) is 19.3 Å². The summed E-state index contributed by atoms with van der Waals surface area (Å²) in [4.78, 5) is 12.1. The Bertz CT molecular complexity index is 485. The molecule has 1 aromatic rings. The second-order valence-electron chi connectivity index (χ2n) is 5.46. The van der Waals surface area contributed by atoms with E-state index in [2.05, 4.69) is 10.6 Å². The van der Waals surface area contributed by atoms with Crippen molar-refractivity contribution in [2.45, 2.75) is 52.0 Å². The van der Waals surface area contributed by atoms with Crippen molar-refractivity contribution < 1.29 is 14.3 Å². The van der Waals surface area contributed by atoms with E-state index in [1.165, 1.54) is 19.3 Å². The fourth-order valence-electron chi connectivity index (χ4n) is 2.73. The number of nitrogens with one attached hydrogen (secondary N) is 2. The zero-order valence-corrected chi connectivity index (χ0v) is 13.5. The summed E-state index contributed by atoms with van der Waals surface area (Å²) in [6, 6.07) is 5.59. The summed E-state index contributed by atoms with van der Waals surface area (Å²) < 4.78 is 11.1. The third-order valence-corrected chi connectivity index (χ3v) is 3.74. The first-order chi connectivity index (χ1) is 10.7. The van der Waals surface area contributed by atoms with E-state index in [0.717, 1.165) is 12.8 Å². The highest BCUT2D eigenvalue weighted by Crippen LogP contribution is 2.30. The summed E-state index contributed by atoms with van der Waals surface area (Å²) in [7, 11) is 0. The van der Waals surface area contributed by atoms with E-state index in [-0.39, 0.29) is 6.03 Å². The van der Waals surface area contributed by atoms with Crippen LogP contribution >= 0.6 is 0 Å². The van der Waals surface area contributed by atoms with Crippen LogP contribution in [0.3, 0.4) is 0 Å². The van der Waals surface area contributed by atoms with E-state index in [0.29, 0.717) is 36.4 Å². The third-order valence-electron chi connectivity index (χ3n) is 3.74. The molecule has 5 nitrogen and oxygen atoms in total. The van der Waals surface area contributed by atoms with Crippen LogP contribution in [0.2, 0.25) is 0 Å². The molecule has 0 bridgehead atoms. The second-order valence-corrected chi connectivity index (χ2v) is 5.46. The van der Waals surface area contributed by atoms with Crippen LogP contribution in [0.1, 0.15) is 46.0 Å². The van der Waals surface area contributed by atoms with Gasteiger partial charge in [0.2, 0.25) is 0 Å². The number of rotatable bonds is 6. The van der Waals surface area contributed by atoms with Crippen LogP contribution in [0.25, 0.3) is 0 Å². The fraction of sp³-hybridized carbons (Fsp3) is 0.588. The minimum absolute atomic E-state index is 0.154. The van der Waals surface area contributed by atoms with Crippen molar-refractivity contribution in [3.8, 4) is 11.5 Å². The predicted octanol–water partition coefficient (Wildman–Crippen LogP) is 3.94. The molecule has 0 aromatic heterocycles. The molecule has 0 heterocycles. The number of anilines is 1. The lowest BCUT2D eigenvalue weighted by atomic mass is 9.96. The van der Waals surface area contributed by atoms with E-state index < -0.39 is 0 Å². The fourth-order valence-corrected chi connectivity index (χ4v) is 2.73. The lowest BCUT2D eigenvalue weighted by Gasteiger charge is -2.23. The highest BCUT2D eigenvalue weighted by molar-refractivity contribution is 5.89. The van der Waals surface area contributed by atoms with Crippen molar-refractivity contribution in [1.29, 1.82) is 0 Å². The Morgan fingerprint density at radius 3 is 2.45 bits per heavy atom. The molecule has 122 valence electrons. The van der Waals surface area contributed by atoms with Crippen LogP contribution < -0.4 is 20.1 Å². The molecule has 0 atom stereocenters. The predicted molar refractivity (Wildman–Crippen MR) is 87.8 cm³/mol. The highest BCUT2D eigenvalue weighted by Gasteiger charge is 2.16. The van der Waals surface area contributed by atoms with Gasteiger partial charge in [-0.15, -0.1) is 0 Å². The molecule has 0 saturated heterocycles. The maximum absolute atomic E-state index is 12.1. The zero-order chi connectivity index (χ0) is 15.8. The van der Waals surface area contributed by atoms with Gasteiger partial charge in [0.1, 0.15) is 0 Å². The standard InChI is InChI=1S/C17H26N2O3/c1-3-21-15-11-10-14(12-16(15)22-4-2)19-17(20)18-13-8-6-5-7-9-13/h10-13H,3-9H2,1-2H3,(H2,18,19,20). The Morgan fingerprint density at radius 2 is 1.77 bits per heavy atom. The SMILES string of the molecule is CCOc1ccc(NC(=O)NC2CCCCC2)cc1OCC. The minimum atomic E-state index is -0.154. The van der Waals surface area contributed by atoms with Crippen molar-refractivity contribution in [2.75, 3.05) is 18.5 Å². The molecule has 1 aromatic carbocycles. The molecule has 1 saturated carbocycles. The van der Waals surface area contributed by atoms with Crippen LogP contribution in [0.5, 0.6) is 11.5 Å². The topological polar surface area (TPSA) is 59.6 Å². The molecule has 0 radical (unpaired) electrons. The Kier molecular flexibility index (Phi) is 6.37. The number of hydrogen-bond acceptors (Lipinski definition) is 3. The normalized spacial score (nSPS) is 15.2. The Morgan fingerprint density at radius 1 is 1.09 bits per heavy atom. The summed E-state index contributed by atoms with van der Waals surface area (Å²) in [6.07, 6.45) is 5.81. The maximum atomic E-state index is 12.1. The van der Waals surface area contributed by atoms with Crippen molar-refractivity contribution in [3.05, 3.63) is 18.2 Å². The van der Waals surface area contributed by atoms with E-state index in [9.17, 15) is 4.79 Å². The van der Waals surface area contributed by atoms with Gasteiger partial charge in [0.15, 0.2) is 11.5 Å². The monoisotopic (exact) mass is 306 g/mol. The summed E-state index contributed by atoms with van der Waals surface area (Å²) in [5.74, 6) is 1.35. The first-order valence-corrected chi connectivity index (χ1v) is 8.20. The first-order valence-electron chi connectivity index (χ1n) is 8.20. The lowest BCUT2D eigenvalue weighted by molar-refractivity contribution is 0.244. The van der Waals surface area contributed by atoms with Crippen LogP contribution in [0.4, 0.5) is 10.5 Å². The number of amides is 2. The Balaban J connectivity index is 1.95. The quantitative estimate of drug-likeness (QED) is 0.837. The van der Waals surface area contributed by atoms with Gasteiger partial charge in [0, 0.05) is 17.8 Å². The van der Waals surface area contributed by atoms with E-state index in [4.69, 9.17) is 9.47 Å². The minimum Gasteiger partial charge on any atom is -0.490 e. The van der Waals surface area contributed by atoms with E-state index in [1.807, 2.05) is 26.0 Å². The summed E-state index contributed by atoms with van der Waals surface area (Å²) in [5.41, 5.74) is 0.709. The molecule has 5 heteroatoms. The Hall–Kier alpha value is -1.91. The second kappa shape index (κ2) is 8.51. The van der Waals surface area contributed by atoms with Gasteiger partial charge in [-0.05, 0) is 38.8 Å². The van der Waals surface area contributed by atoms with Gasteiger partial charge < -0.3 is 20.1 Å². The lowest BCUT2D eigenvalue weighted by Crippen LogP contribution is -2.39. The number of urea groups is 1. The molecule has 0 unspecified atom stereocenters. The van der Waals surface area contributed by atoms with Crippen molar-refractivity contribution in [3.63, 3.8) is 0 Å². The molecule has 1 aliphatic rings. The van der Waals surface area contributed by atoms with Gasteiger partial charge in [0.05, 0.1) is 13.2 Å². The highest BCUT2D eigenvalue weighted by atomic mass is 16.5. The first kappa shape index (κ1) is 16.5. The number of hydrogen-bond donors (Lipinski definition) is 2. The molecule has 22 heavy (non-hydrogen) atoms. The smallest absolute Gasteiger partial charge is 0.319 e. The van der Waals surface area contributed by atoms with E-state index in [1.54, 1.807) is 6.07 Å². The molecule has 1 aliphatic carbocycles. The molecule has 2 N–H and O–H groups in total. The van der Waals surface area contributed by atoms with Crippen molar-refractivity contribution in [1.82, 2.24) is 5.32 Å². The molecular weight excluding hydrogens is 280 g/mol. The molecule has 1 fully saturated rings. The van der Waals surface area contributed by atoms with Crippen molar-refractivity contribution in [2.24, 2.45) is 0 Å². The van der Waals surface area contributed by atoms with Gasteiger partial charge in [-0.3, -0.25) is 0 Å². The average Bonchev–Trinajstić information content (AvgIpc) is 2.51. The van der Waals surface area contributed by atoms with Gasteiger partial charge >= 0.3 is 6.03 Å². The molecule has 2 amide bonds. The number of ether oxygens (including phenoxy) is 2. The van der Waals surface area contributed by atoms with Crippen LogP contribution in [0, 0.1) is 0 Å². The average molecular weight is 306 g/mol. The zero-order valence-electron chi connectivity index (χ0n) is 13.5. The van der Waals surface area contributed by atoms with Gasteiger partial charge in [0.25, 0.3) is 0 Å². The van der Waals surface area contributed by atoms with Crippen LogP contribution in [-0.4, -0.2) is 25.3 Å². The number of carbonyl (C=O) groups is 1. The van der Waals surface area contributed by atoms with Crippen LogP contribution in [-0.2, 0) is 0 Å². The number of carbonyl (C=O) groups excluding carboxylic acids is 1. The van der Waals surface area contributed by atoms with Crippen molar-refractivity contribution >= 4 is 11.7 Å². The molecule has 0 spiro atoms. The Labute approximate surface area is 132 Å². The molecular formula is C17H26N2O3. The summed E-state index contributed by atoms with van der Waals surface area (Å²) in [5, 5.41) is 5.91. The third kappa shape index (κ3) is 4.83. The molecule has 2 rings (SSSR count). The van der Waals surface area contributed by atoms with Crippen LogP contribution in [0.15, 0.2) is 18.2 Å². The van der Waals surface area contributed by atoms with Gasteiger partial charge in [-0.25, -0.2) is 4.79 Å².